The predicted molar refractivity (Wildman–Crippen MR) is 96.5 cm³/mol. The highest BCUT2D eigenvalue weighted by Gasteiger charge is 2.17. The van der Waals surface area contributed by atoms with Crippen molar-refractivity contribution in [2.24, 2.45) is 0 Å². The van der Waals surface area contributed by atoms with Crippen molar-refractivity contribution < 1.29 is 19.4 Å². The average molecular weight is 337 g/mol. The molecule has 0 atom stereocenters. The number of aromatic carboxylic acids is 1. The fraction of sp³-hybridized carbons (Fsp3) is 0.200. The fourth-order valence-corrected chi connectivity index (χ4v) is 2.70. The number of hydrogen-bond acceptors (Lipinski definition) is 4. The average Bonchev–Trinajstić information content (AvgIpc) is 2.62. The van der Waals surface area contributed by atoms with Crippen molar-refractivity contribution in [3.8, 4) is 22.8 Å². The van der Waals surface area contributed by atoms with E-state index in [0.29, 0.717) is 41.3 Å². The molecule has 0 bridgehead atoms. The Hall–Kier alpha value is -3.08. The molecule has 1 heterocycles. The lowest BCUT2D eigenvalue weighted by Gasteiger charge is -2.14. The molecule has 5 heteroatoms. The predicted octanol–water partition coefficient (Wildman–Crippen LogP) is 4.40. The third kappa shape index (κ3) is 3.40. The van der Waals surface area contributed by atoms with Crippen molar-refractivity contribution in [1.82, 2.24) is 4.98 Å². The monoisotopic (exact) mass is 337 g/mol. The van der Waals surface area contributed by atoms with E-state index >= 15 is 0 Å². The number of carboxylic acid groups (broad SMARTS) is 1. The van der Waals surface area contributed by atoms with Crippen LogP contribution >= 0.6 is 0 Å². The van der Waals surface area contributed by atoms with Crippen LogP contribution in [0.15, 0.2) is 48.5 Å². The number of aromatic nitrogens is 1. The summed E-state index contributed by atoms with van der Waals surface area (Å²) in [6.07, 6.45) is 0. The highest BCUT2D eigenvalue weighted by molar-refractivity contribution is 6.04. The van der Waals surface area contributed by atoms with Crippen molar-refractivity contribution in [2.45, 2.75) is 13.8 Å². The van der Waals surface area contributed by atoms with Gasteiger partial charge in [0.15, 0.2) is 11.5 Å². The summed E-state index contributed by atoms with van der Waals surface area (Å²) in [6.45, 7) is 4.70. The van der Waals surface area contributed by atoms with Gasteiger partial charge in [-0.05, 0) is 26.0 Å². The van der Waals surface area contributed by atoms with Crippen molar-refractivity contribution in [2.75, 3.05) is 13.2 Å². The molecule has 0 aliphatic heterocycles. The van der Waals surface area contributed by atoms with Crippen LogP contribution in [0.1, 0.15) is 24.2 Å². The zero-order chi connectivity index (χ0) is 17.8. The number of ether oxygens (including phenoxy) is 2. The van der Waals surface area contributed by atoms with E-state index in [9.17, 15) is 9.90 Å². The van der Waals surface area contributed by atoms with Gasteiger partial charge in [-0.25, -0.2) is 9.78 Å². The molecule has 0 radical (unpaired) electrons. The van der Waals surface area contributed by atoms with Crippen molar-refractivity contribution in [3.05, 3.63) is 54.1 Å². The maximum absolute atomic E-state index is 11.8. The summed E-state index contributed by atoms with van der Waals surface area (Å²) in [6, 6.07) is 14.5. The topological polar surface area (TPSA) is 68.7 Å². The van der Waals surface area contributed by atoms with Crippen molar-refractivity contribution in [1.29, 1.82) is 0 Å². The second-order valence-electron chi connectivity index (χ2n) is 5.41. The SMILES string of the molecule is CCOc1cc2nc(-c3ccccc3)cc(C(=O)O)c2cc1OCC. The second kappa shape index (κ2) is 7.21. The highest BCUT2D eigenvalue weighted by atomic mass is 16.5. The quantitative estimate of drug-likeness (QED) is 0.722. The van der Waals surface area contributed by atoms with E-state index in [1.54, 1.807) is 18.2 Å². The molecule has 3 rings (SSSR count). The Morgan fingerprint density at radius 1 is 1.00 bits per heavy atom. The van der Waals surface area contributed by atoms with E-state index in [4.69, 9.17) is 9.47 Å². The van der Waals surface area contributed by atoms with E-state index < -0.39 is 5.97 Å². The normalized spacial score (nSPS) is 10.6. The number of rotatable bonds is 6. The van der Waals surface area contributed by atoms with Gasteiger partial charge in [0, 0.05) is 17.0 Å². The van der Waals surface area contributed by atoms with Gasteiger partial charge < -0.3 is 14.6 Å². The van der Waals surface area contributed by atoms with E-state index in [-0.39, 0.29) is 5.56 Å². The van der Waals surface area contributed by atoms with Crippen molar-refractivity contribution >= 4 is 16.9 Å². The van der Waals surface area contributed by atoms with Gasteiger partial charge in [0.2, 0.25) is 0 Å². The molecule has 5 nitrogen and oxygen atoms in total. The Labute approximate surface area is 145 Å². The molecular formula is C20H19NO4. The molecule has 0 aliphatic rings. The minimum atomic E-state index is -1.00. The van der Waals surface area contributed by atoms with Gasteiger partial charge in [0.25, 0.3) is 0 Å². The Morgan fingerprint density at radius 2 is 1.64 bits per heavy atom. The number of fused-ring (bicyclic) bond motifs is 1. The summed E-state index contributed by atoms with van der Waals surface area (Å²) in [5.74, 6) is 0.0794. The zero-order valence-corrected chi connectivity index (χ0v) is 14.2. The molecule has 0 unspecified atom stereocenters. The first-order valence-electron chi connectivity index (χ1n) is 8.17. The van der Waals surface area contributed by atoms with Crippen LogP contribution in [-0.4, -0.2) is 29.3 Å². The molecule has 0 saturated heterocycles. The van der Waals surface area contributed by atoms with E-state index in [1.165, 1.54) is 0 Å². The molecular weight excluding hydrogens is 318 g/mol. The molecule has 0 saturated carbocycles. The molecule has 3 aromatic rings. The standard InChI is InChI=1S/C20H19NO4/c1-3-24-18-11-14-15(20(22)23)10-16(13-8-6-5-7-9-13)21-17(14)12-19(18)25-4-2/h5-12H,3-4H2,1-2H3,(H,22,23). The van der Waals surface area contributed by atoms with Crippen LogP contribution in [0.2, 0.25) is 0 Å². The van der Waals surface area contributed by atoms with Crippen LogP contribution in [0.3, 0.4) is 0 Å². The second-order valence-corrected chi connectivity index (χ2v) is 5.41. The van der Waals surface area contributed by atoms with Crippen LogP contribution in [0.4, 0.5) is 0 Å². The number of pyridine rings is 1. The van der Waals surface area contributed by atoms with Gasteiger partial charge in [-0.15, -0.1) is 0 Å². The minimum Gasteiger partial charge on any atom is -0.490 e. The largest absolute Gasteiger partial charge is 0.490 e. The highest BCUT2D eigenvalue weighted by Crippen LogP contribution is 2.35. The lowest BCUT2D eigenvalue weighted by Crippen LogP contribution is -2.03. The third-order valence-electron chi connectivity index (χ3n) is 3.77. The van der Waals surface area contributed by atoms with Crippen molar-refractivity contribution in [3.63, 3.8) is 0 Å². The van der Waals surface area contributed by atoms with E-state index in [2.05, 4.69) is 4.98 Å². The van der Waals surface area contributed by atoms with Gasteiger partial charge in [-0.3, -0.25) is 0 Å². The molecule has 128 valence electrons. The summed E-state index contributed by atoms with van der Waals surface area (Å²) < 4.78 is 11.2. The van der Waals surface area contributed by atoms with Crippen LogP contribution in [-0.2, 0) is 0 Å². The summed E-state index contributed by atoms with van der Waals surface area (Å²) in [5, 5.41) is 10.2. The summed E-state index contributed by atoms with van der Waals surface area (Å²) >= 11 is 0. The number of carboxylic acids is 1. The lowest BCUT2D eigenvalue weighted by molar-refractivity contribution is 0.0699. The van der Waals surface area contributed by atoms with Gasteiger partial charge in [-0.2, -0.15) is 0 Å². The van der Waals surface area contributed by atoms with Gasteiger partial charge >= 0.3 is 5.97 Å². The third-order valence-corrected chi connectivity index (χ3v) is 3.77. The Morgan fingerprint density at radius 3 is 2.24 bits per heavy atom. The smallest absolute Gasteiger partial charge is 0.336 e. The molecule has 1 N–H and O–H groups in total. The fourth-order valence-electron chi connectivity index (χ4n) is 2.70. The summed E-state index contributed by atoms with van der Waals surface area (Å²) in [7, 11) is 0. The minimum absolute atomic E-state index is 0.188. The Balaban J connectivity index is 2.27. The maximum atomic E-state index is 11.8. The number of nitrogens with zero attached hydrogens (tertiary/aromatic N) is 1. The first-order chi connectivity index (χ1) is 12.1. The number of carbonyl (C=O) groups is 1. The first-order valence-corrected chi connectivity index (χ1v) is 8.17. The molecule has 0 fully saturated rings. The van der Waals surface area contributed by atoms with Crippen LogP contribution in [0.5, 0.6) is 11.5 Å². The maximum Gasteiger partial charge on any atom is 0.336 e. The zero-order valence-electron chi connectivity index (χ0n) is 14.2. The first kappa shape index (κ1) is 16.8. The van der Waals surface area contributed by atoms with Gasteiger partial charge in [0.1, 0.15) is 0 Å². The molecule has 25 heavy (non-hydrogen) atoms. The van der Waals surface area contributed by atoms with Crippen LogP contribution < -0.4 is 9.47 Å². The summed E-state index contributed by atoms with van der Waals surface area (Å²) in [4.78, 5) is 16.4. The molecule has 1 aromatic heterocycles. The van der Waals surface area contributed by atoms with Gasteiger partial charge in [-0.1, -0.05) is 30.3 Å². The Kier molecular flexibility index (Phi) is 4.84. The number of hydrogen-bond donors (Lipinski definition) is 1. The molecule has 0 aliphatic carbocycles. The molecule has 0 spiro atoms. The van der Waals surface area contributed by atoms with E-state index in [1.807, 2.05) is 44.2 Å². The van der Waals surface area contributed by atoms with Crippen LogP contribution in [0, 0.1) is 0 Å². The van der Waals surface area contributed by atoms with Crippen LogP contribution in [0.25, 0.3) is 22.2 Å². The Bertz CT molecular complexity index is 906. The number of benzene rings is 2. The molecule has 2 aromatic carbocycles. The molecule has 0 amide bonds. The lowest BCUT2D eigenvalue weighted by atomic mass is 10.0. The van der Waals surface area contributed by atoms with Gasteiger partial charge in [0.05, 0.1) is 30.0 Å². The summed E-state index contributed by atoms with van der Waals surface area (Å²) in [5.41, 5.74) is 2.22. The van der Waals surface area contributed by atoms with E-state index in [0.717, 1.165) is 5.56 Å².